The molecule has 16 N–H and O–H groups in total. The van der Waals surface area contributed by atoms with E-state index in [1.807, 2.05) is 0 Å². The van der Waals surface area contributed by atoms with Crippen molar-refractivity contribution in [1.82, 2.24) is 20.9 Å². The van der Waals surface area contributed by atoms with Crippen molar-refractivity contribution in [2.24, 2.45) is 0 Å². The minimum atomic E-state index is -1.89. The van der Waals surface area contributed by atoms with Gasteiger partial charge in [0, 0.05) is 46.8 Å². The van der Waals surface area contributed by atoms with Crippen LogP contribution in [0.25, 0.3) is 0 Å². The van der Waals surface area contributed by atoms with Crippen molar-refractivity contribution >= 4 is 29.1 Å². The number of aliphatic hydroxyl groups excluding tert-OH is 13. The molecule has 0 aliphatic carbocycles. The highest BCUT2D eigenvalue weighted by atomic mass is 32.1. The number of nitrogens with zero attached hydrogens (tertiary/aromatic N) is 1. The maximum absolute atomic E-state index is 13.0. The van der Waals surface area contributed by atoms with E-state index in [2.05, 4.69) is 16.0 Å². The number of carbonyl (C=O) groups is 2. The lowest BCUT2D eigenvalue weighted by atomic mass is 9.98. The van der Waals surface area contributed by atoms with Gasteiger partial charge in [-0.2, -0.15) is 0 Å². The molecule has 0 radical (unpaired) electrons. The third-order valence-electron chi connectivity index (χ3n) is 10.3. The summed E-state index contributed by atoms with van der Waals surface area (Å²) < 4.78 is 37.2. The van der Waals surface area contributed by atoms with Gasteiger partial charge in [0.1, 0.15) is 91.6 Å². The number of carbonyl (C=O) groups excluding carboxylic acids is 2. The van der Waals surface area contributed by atoms with Crippen molar-refractivity contribution in [2.45, 2.75) is 129 Å². The van der Waals surface area contributed by atoms with E-state index in [4.69, 9.17) is 45.4 Å². The largest absolute Gasteiger partial charge is 0.394 e. The lowest BCUT2D eigenvalue weighted by molar-refractivity contribution is -0.297. The quantitative estimate of drug-likeness (QED) is 0.0505. The number of hydrogen-bond acceptors (Lipinski definition) is 23. The van der Waals surface area contributed by atoms with E-state index < -0.39 is 154 Å². The van der Waals surface area contributed by atoms with Crippen LogP contribution in [0.2, 0.25) is 0 Å². The maximum Gasteiger partial charge on any atom is 0.252 e. The van der Waals surface area contributed by atoms with Crippen LogP contribution in [0, 0.1) is 0 Å². The first-order chi connectivity index (χ1) is 27.9. The first-order valence-corrected chi connectivity index (χ1v) is 18.9. The number of methoxy groups -OCH3 is 2. The van der Waals surface area contributed by atoms with Crippen LogP contribution in [0.5, 0.6) is 0 Å². The number of thiocarbonyl (C=S) groups is 1. The van der Waals surface area contributed by atoms with Gasteiger partial charge in [0.2, 0.25) is 5.91 Å². The fraction of sp³-hybridized carbons (Fsp3) is 0.906. The third kappa shape index (κ3) is 11.9. The molecule has 4 fully saturated rings. The van der Waals surface area contributed by atoms with Crippen molar-refractivity contribution in [3.05, 3.63) is 0 Å². The normalized spacial score (nSPS) is 42.8. The van der Waals surface area contributed by atoms with Crippen LogP contribution in [-0.2, 0) is 42.7 Å². The van der Waals surface area contributed by atoms with Gasteiger partial charge < -0.3 is 120 Å². The molecule has 0 aromatic carbocycles. The molecular formula is C32H56N4O22S. The van der Waals surface area contributed by atoms with E-state index in [1.165, 1.54) is 12.0 Å². The molecule has 0 aromatic heterocycles. The first-order valence-electron chi connectivity index (χ1n) is 18.5. The van der Waals surface area contributed by atoms with Gasteiger partial charge in [0.25, 0.3) is 5.91 Å². The average Bonchev–Trinajstić information content (AvgIpc) is 3.22. The van der Waals surface area contributed by atoms with Crippen molar-refractivity contribution in [2.75, 3.05) is 53.6 Å². The second-order valence-electron chi connectivity index (χ2n) is 14.3. The Bertz CT molecular complexity index is 1360. The lowest BCUT2D eigenvalue weighted by Gasteiger charge is -2.43. The molecule has 4 saturated heterocycles. The Morgan fingerprint density at radius 2 is 1.15 bits per heavy atom. The van der Waals surface area contributed by atoms with Crippen molar-refractivity contribution in [3.63, 3.8) is 0 Å². The molecule has 0 unspecified atom stereocenters. The highest BCUT2D eigenvalue weighted by molar-refractivity contribution is 7.80. The van der Waals surface area contributed by atoms with Crippen LogP contribution in [-0.4, -0.2) is 265 Å². The van der Waals surface area contributed by atoms with Gasteiger partial charge in [-0.25, -0.2) is 0 Å². The molecule has 2 amide bonds. The molecule has 27 heteroatoms. The summed E-state index contributed by atoms with van der Waals surface area (Å²) in [7, 11) is 2.35. The maximum atomic E-state index is 13.0. The Morgan fingerprint density at radius 1 is 0.627 bits per heavy atom. The fourth-order valence-corrected chi connectivity index (χ4v) is 6.94. The number of rotatable bonds is 16. The molecule has 26 nitrogen and oxygen atoms in total. The molecular weight excluding hydrogens is 824 g/mol. The zero-order valence-corrected chi connectivity index (χ0v) is 32.7. The summed E-state index contributed by atoms with van der Waals surface area (Å²) >= 11 is 5.51. The number of aliphatic hydroxyl groups is 13. The van der Waals surface area contributed by atoms with E-state index >= 15 is 0 Å². The summed E-state index contributed by atoms with van der Waals surface area (Å²) in [4.78, 5) is 26.9. The SMILES string of the molecule is CO[C@H]1O[C@H](C(=O)NCCO[C@H]2O[C@H](CN(CCC(=O)NC[C@H]3O[C@H](OC)[C@@H](O)[C@@H](O)[C@@H]3O)C(=S)N[C@H]3O[C@H](CO)[C@@H](O)[C@H](O)[C@@H]3O)[C@@H](O)[C@H](O)[C@@H]2O)[C@@H](O)[C@H](O)[C@@H]1O. The number of ether oxygens (including phenoxy) is 7. The fourth-order valence-electron chi connectivity index (χ4n) is 6.66. The summed E-state index contributed by atoms with van der Waals surface area (Å²) in [6.07, 6.45) is -32.8. The van der Waals surface area contributed by atoms with Gasteiger partial charge in [0.05, 0.1) is 13.2 Å². The molecule has 0 spiro atoms. The molecule has 4 rings (SSSR count). The van der Waals surface area contributed by atoms with Crippen LogP contribution in [0.15, 0.2) is 0 Å². The van der Waals surface area contributed by atoms with E-state index in [0.29, 0.717) is 0 Å². The Labute approximate surface area is 341 Å². The van der Waals surface area contributed by atoms with Gasteiger partial charge in [-0.3, -0.25) is 9.59 Å². The van der Waals surface area contributed by atoms with Gasteiger partial charge in [-0.15, -0.1) is 0 Å². The predicted molar refractivity (Wildman–Crippen MR) is 192 cm³/mol. The molecule has 342 valence electrons. The topological polar surface area (TPSA) is 401 Å². The van der Waals surface area contributed by atoms with Gasteiger partial charge in [-0.1, -0.05) is 0 Å². The van der Waals surface area contributed by atoms with Gasteiger partial charge >= 0.3 is 0 Å². The first kappa shape index (κ1) is 49.5. The van der Waals surface area contributed by atoms with E-state index in [1.54, 1.807) is 0 Å². The second kappa shape index (κ2) is 22.3. The van der Waals surface area contributed by atoms with Crippen molar-refractivity contribution < 1.29 is 109 Å². The number of nitrogens with one attached hydrogen (secondary N) is 3. The highest BCUT2D eigenvalue weighted by Crippen LogP contribution is 2.26. The summed E-state index contributed by atoms with van der Waals surface area (Å²) in [6.45, 7) is -2.58. The van der Waals surface area contributed by atoms with Crippen molar-refractivity contribution in [1.29, 1.82) is 0 Å². The van der Waals surface area contributed by atoms with Gasteiger partial charge in [-0.05, 0) is 12.2 Å². The standard InChI is InChI=1S/C32H56N4O22S/c1-52-29-23(48)18(43)14(39)10(56-29)7-34-13(38)3-5-36(32(59)35-28-22(47)17(42)16(41)12(9-37)55-28)8-11-15(40)19(44)25(50)31(57-11)54-6-4-33-27(51)26-21(46)20(45)24(49)30(53-2)58-26/h10-12,14-26,28-31,37,39-50H,3-9H2,1-2H3,(H,33,51)(H,34,38)(H,35,59)/t10-,11-,12-,14-,15-,16-,17+,18+,19+,20+,21+,22+,23+,24+,25+,26+,28+,29+,30+,31+/m1/s1. The number of amides is 2. The van der Waals surface area contributed by atoms with Crippen LogP contribution >= 0.6 is 12.2 Å². The molecule has 20 atom stereocenters. The Balaban J connectivity index is 1.40. The Morgan fingerprint density at radius 3 is 1.76 bits per heavy atom. The van der Waals surface area contributed by atoms with Crippen LogP contribution in [0.4, 0.5) is 0 Å². The third-order valence-corrected chi connectivity index (χ3v) is 10.6. The molecule has 59 heavy (non-hydrogen) atoms. The lowest BCUT2D eigenvalue weighted by Crippen LogP contribution is -2.65. The molecule has 0 saturated carbocycles. The van der Waals surface area contributed by atoms with Crippen LogP contribution in [0.3, 0.4) is 0 Å². The zero-order chi connectivity index (χ0) is 43.9. The van der Waals surface area contributed by atoms with E-state index in [9.17, 15) is 76.0 Å². The molecule has 4 aliphatic rings. The molecule has 4 aliphatic heterocycles. The summed E-state index contributed by atoms with van der Waals surface area (Å²) in [5.74, 6) is -1.60. The predicted octanol–water partition coefficient (Wildman–Crippen LogP) is -10.7. The minimum Gasteiger partial charge on any atom is -0.394 e. The average molecular weight is 881 g/mol. The smallest absolute Gasteiger partial charge is 0.252 e. The Hall–Kier alpha value is -2.17. The van der Waals surface area contributed by atoms with Gasteiger partial charge in [0.15, 0.2) is 36.3 Å². The minimum absolute atomic E-state index is 0.301. The highest BCUT2D eigenvalue weighted by Gasteiger charge is 2.49. The van der Waals surface area contributed by atoms with Crippen LogP contribution < -0.4 is 16.0 Å². The second-order valence-corrected chi connectivity index (χ2v) is 14.6. The summed E-state index contributed by atoms with van der Waals surface area (Å²) in [5.41, 5.74) is 0. The summed E-state index contributed by atoms with van der Waals surface area (Å²) in [5, 5.41) is 141. The zero-order valence-electron chi connectivity index (χ0n) is 31.8. The van der Waals surface area contributed by atoms with E-state index in [0.717, 1.165) is 7.11 Å². The van der Waals surface area contributed by atoms with Crippen LogP contribution in [0.1, 0.15) is 6.42 Å². The number of hydrogen-bond donors (Lipinski definition) is 16. The Kier molecular flexibility index (Phi) is 18.7. The molecule has 0 bridgehead atoms. The van der Waals surface area contributed by atoms with E-state index in [-0.39, 0.29) is 31.2 Å². The monoisotopic (exact) mass is 880 g/mol. The molecule has 4 heterocycles. The summed E-state index contributed by atoms with van der Waals surface area (Å²) in [6, 6.07) is 0. The molecule has 0 aromatic rings. The van der Waals surface area contributed by atoms with Crippen molar-refractivity contribution in [3.8, 4) is 0 Å².